The molecule has 0 N–H and O–H groups in total. The van der Waals surface area contributed by atoms with Gasteiger partial charge in [-0.2, -0.15) is 0 Å². The number of carbonyl (C=O) groups excluding carboxylic acids is 1. The lowest BCUT2D eigenvalue weighted by atomic mass is 9.99. The van der Waals surface area contributed by atoms with Gasteiger partial charge in [0.2, 0.25) is 0 Å². The maximum absolute atomic E-state index is 11.2. The molecule has 130 valence electrons. The number of hydrogen-bond donors (Lipinski definition) is 0. The van der Waals surface area contributed by atoms with E-state index in [0.29, 0.717) is 6.42 Å². The van der Waals surface area contributed by atoms with E-state index < -0.39 is 0 Å². The molecule has 4 nitrogen and oxygen atoms in total. The zero-order chi connectivity index (χ0) is 17.8. The van der Waals surface area contributed by atoms with Crippen LogP contribution in [0.2, 0.25) is 0 Å². The molecule has 0 fully saturated rings. The highest BCUT2D eigenvalue weighted by Gasteiger charge is 2.15. The second-order valence-corrected chi connectivity index (χ2v) is 7.80. The molecule has 0 radical (unpaired) electrons. The van der Waals surface area contributed by atoms with E-state index in [1.54, 1.807) is 29.4 Å². The number of methoxy groups -OCH3 is 1. The maximum atomic E-state index is 11.2. The fourth-order valence-electron chi connectivity index (χ4n) is 2.76. The zero-order valence-electron chi connectivity index (χ0n) is 14.5. The van der Waals surface area contributed by atoms with Gasteiger partial charge in [0, 0.05) is 23.1 Å². The molecule has 0 spiro atoms. The van der Waals surface area contributed by atoms with Crippen LogP contribution in [0.5, 0.6) is 0 Å². The number of aromatic nitrogens is 2. The summed E-state index contributed by atoms with van der Waals surface area (Å²) in [4.78, 5) is 21.2. The van der Waals surface area contributed by atoms with E-state index in [-0.39, 0.29) is 5.97 Å². The predicted octanol–water partition coefficient (Wildman–Crippen LogP) is 5.02. The molecule has 0 bridgehead atoms. The molecule has 0 unspecified atom stereocenters. The molecule has 0 aliphatic heterocycles. The van der Waals surface area contributed by atoms with Gasteiger partial charge in [-0.05, 0) is 31.4 Å². The second kappa shape index (κ2) is 7.97. The number of thioether (sulfide) groups is 1. The highest BCUT2D eigenvalue weighted by molar-refractivity contribution is 7.99. The van der Waals surface area contributed by atoms with E-state index in [1.807, 2.05) is 0 Å². The maximum Gasteiger partial charge on any atom is 0.305 e. The molecule has 0 aliphatic carbocycles. The Bertz CT molecular complexity index is 906. The Morgan fingerprint density at radius 3 is 2.84 bits per heavy atom. The lowest BCUT2D eigenvalue weighted by Gasteiger charge is -2.08. The van der Waals surface area contributed by atoms with Crippen molar-refractivity contribution in [2.75, 3.05) is 12.9 Å². The fourth-order valence-corrected chi connectivity index (χ4v) is 4.68. The first-order chi connectivity index (χ1) is 12.1. The molecule has 1 aromatic carbocycles. The van der Waals surface area contributed by atoms with Crippen LogP contribution in [-0.2, 0) is 9.53 Å². The van der Waals surface area contributed by atoms with Gasteiger partial charge in [-0.3, -0.25) is 4.79 Å². The van der Waals surface area contributed by atoms with Crippen LogP contribution >= 0.6 is 23.1 Å². The van der Waals surface area contributed by atoms with Crippen LogP contribution in [0, 0.1) is 13.8 Å². The van der Waals surface area contributed by atoms with Gasteiger partial charge in [0.15, 0.2) is 0 Å². The first-order valence-corrected chi connectivity index (χ1v) is 9.96. The molecule has 3 rings (SSSR count). The van der Waals surface area contributed by atoms with Crippen molar-refractivity contribution < 1.29 is 9.53 Å². The number of fused-ring (bicyclic) bond motifs is 1. The van der Waals surface area contributed by atoms with Crippen molar-refractivity contribution in [3.63, 3.8) is 0 Å². The lowest BCUT2D eigenvalue weighted by molar-refractivity contribution is -0.140. The van der Waals surface area contributed by atoms with Crippen molar-refractivity contribution in [2.45, 2.75) is 31.7 Å². The Labute approximate surface area is 155 Å². The summed E-state index contributed by atoms with van der Waals surface area (Å²) < 4.78 is 4.69. The van der Waals surface area contributed by atoms with Crippen molar-refractivity contribution in [2.24, 2.45) is 0 Å². The average Bonchev–Trinajstić information content (AvgIpc) is 3.03. The molecular formula is C19H20N2O2S2. The Morgan fingerprint density at radius 1 is 1.24 bits per heavy atom. The van der Waals surface area contributed by atoms with Gasteiger partial charge in [-0.25, -0.2) is 9.97 Å². The van der Waals surface area contributed by atoms with E-state index in [9.17, 15) is 4.79 Å². The average molecular weight is 373 g/mol. The summed E-state index contributed by atoms with van der Waals surface area (Å²) in [5.74, 6) is 0.656. The first kappa shape index (κ1) is 17.9. The van der Waals surface area contributed by atoms with E-state index in [0.717, 1.165) is 27.4 Å². The largest absolute Gasteiger partial charge is 0.469 e. The first-order valence-electron chi connectivity index (χ1n) is 8.09. The van der Waals surface area contributed by atoms with Crippen LogP contribution in [0.3, 0.4) is 0 Å². The molecule has 0 aliphatic rings. The van der Waals surface area contributed by atoms with E-state index in [4.69, 9.17) is 0 Å². The Morgan fingerprint density at radius 2 is 2.08 bits per heavy atom. The van der Waals surface area contributed by atoms with Gasteiger partial charge in [0.05, 0.1) is 12.5 Å². The summed E-state index contributed by atoms with van der Waals surface area (Å²) in [6.07, 6.45) is 2.82. The molecule has 0 saturated carbocycles. The minimum absolute atomic E-state index is 0.167. The number of nitrogens with zero attached hydrogens (tertiary/aromatic N) is 2. The molecule has 0 atom stereocenters. The summed E-state index contributed by atoms with van der Waals surface area (Å²) in [5.41, 5.74) is 4.93. The molecule has 6 heteroatoms. The minimum Gasteiger partial charge on any atom is -0.469 e. The number of carbonyl (C=O) groups is 1. The minimum atomic E-state index is -0.167. The van der Waals surface area contributed by atoms with Crippen molar-refractivity contribution >= 4 is 39.3 Å². The molecule has 0 amide bonds. The van der Waals surface area contributed by atoms with Gasteiger partial charge in [-0.1, -0.05) is 23.8 Å². The third-order valence-corrected chi connectivity index (χ3v) is 5.96. The SMILES string of the molecule is COC(=O)CCCSc1ncnc2scc(-c3ccc(C)cc3C)c12. The molecule has 0 saturated heterocycles. The smallest absolute Gasteiger partial charge is 0.305 e. The van der Waals surface area contributed by atoms with Gasteiger partial charge in [-0.15, -0.1) is 23.1 Å². The third-order valence-electron chi connectivity index (χ3n) is 4.00. The van der Waals surface area contributed by atoms with Gasteiger partial charge < -0.3 is 4.74 Å². The highest BCUT2D eigenvalue weighted by Crippen LogP contribution is 2.39. The Kier molecular flexibility index (Phi) is 5.71. The zero-order valence-corrected chi connectivity index (χ0v) is 16.2. The van der Waals surface area contributed by atoms with Crippen molar-refractivity contribution in [3.8, 4) is 11.1 Å². The summed E-state index contributed by atoms with van der Waals surface area (Å²) in [6.45, 7) is 4.24. The number of esters is 1. The summed E-state index contributed by atoms with van der Waals surface area (Å²) in [6, 6.07) is 6.51. The van der Waals surface area contributed by atoms with Crippen LogP contribution in [0.25, 0.3) is 21.3 Å². The van der Waals surface area contributed by atoms with E-state index >= 15 is 0 Å². The summed E-state index contributed by atoms with van der Waals surface area (Å²) in [7, 11) is 1.42. The normalized spacial score (nSPS) is 11.0. The van der Waals surface area contributed by atoms with Crippen LogP contribution in [0.4, 0.5) is 0 Å². The number of aryl methyl sites for hydroxylation is 2. The van der Waals surface area contributed by atoms with Crippen molar-refractivity contribution in [3.05, 3.63) is 41.0 Å². The monoisotopic (exact) mass is 372 g/mol. The van der Waals surface area contributed by atoms with Crippen LogP contribution in [-0.4, -0.2) is 28.8 Å². The summed E-state index contributed by atoms with van der Waals surface area (Å²) >= 11 is 3.32. The number of benzene rings is 1. The summed E-state index contributed by atoms with van der Waals surface area (Å²) in [5, 5.41) is 4.25. The Balaban J connectivity index is 1.89. The van der Waals surface area contributed by atoms with Gasteiger partial charge >= 0.3 is 5.97 Å². The number of ether oxygens (including phenoxy) is 1. The Hall–Kier alpha value is -1.92. The van der Waals surface area contributed by atoms with E-state index in [1.165, 1.54) is 29.4 Å². The second-order valence-electron chi connectivity index (χ2n) is 5.85. The standard InChI is InChI=1S/C19H20N2O2S2/c1-12-6-7-14(13(2)9-12)15-10-25-19-17(15)18(20-11-21-19)24-8-4-5-16(22)23-3/h6-7,9-11H,4-5,8H2,1-3H3. The quantitative estimate of drug-likeness (QED) is 0.263. The number of hydrogen-bond acceptors (Lipinski definition) is 6. The van der Waals surface area contributed by atoms with Crippen LogP contribution < -0.4 is 0 Å². The van der Waals surface area contributed by atoms with Crippen molar-refractivity contribution in [1.29, 1.82) is 0 Å². The molecule has 2 heterocycles. The number of thiophene rings is 1. The molecule has 3 aromatic rings. The highest BCUT2D eigenvalue weighted by atomic mass is 32.2. The molecule has 25 heavy (non-hydrogen) atoms. The van der Waals surface area contributed by atoms with Crippen LogP contribution in [0.15, 0.2) is 34.9 Å². The predicted molar refractivity (Wildman–Crippen MR) is 104 cm³/mol. The van der Waals surface area contributed by atoms with Gasteiger partial charge in [0.25, 0.3) is 0 Å². The van der Waals surface area contributed by atoms with Crippen molar-refractivity contribution in [1.82, 2.24) is 9.97 Å². The molecular weight excluding hydrogens is 352 g/mol. The third kappa shape index (κ3) is 4.02. The fraction of sp³-hybridized carbons (Fsp3) is 0.316. The van der Waals surface area contributed by atoms with E-state index in [2.05, 4.69) is 52.1 Å². The topological polar surface area (TPSA) is 52.1 Å². The van der Waals surface area contributed by atoms with Crippen LogP contribution in [0.1, 0.15) is 24.0 Å². The van der Waals surface area contributed by atoms with Gasteiger partial charge in [0.1, 0.15) is 16.2 Å². The lowest BCUT2D eigenvalue weighted by Crippen LogP contribution is -2.00. The number of rotatable bonds is 6. The molecule has 2 aromatic heterocycles.